The van der Waals surface area contributed by atoms with E-state index in [2.05, 4.69) is 211 Å². The van der Waals surface area contributed by atoms with Crippen molar-refractivity contribution in [3.63, 3.8) is 0 Å². The molecule has 262 valence electrons. The number of fused-ring (bicyclic) bond motifs is 7. The Morgan fingerprint density at radius 2 is 0.821 bits per heavy atom. The largest absolute Gasteiger partial charge is 0.456 e. The van der Waals surface area contributed by atoms with Crippen LogP contribution in [0.5, 0.6) is 0 Å². The van der Waals surface area contributed by atoms with Crippen LogP contribution in [-0.4, -0.2) is 0 Å². The molecule has 0 unspecified atom stereocenters. The summed E-state index contributed by atoms with van der Waals surface area (Å²) in [5, 5.41) is 9.75. The van der Waals surface area contributed by atoms with Gasteiger partial charge < -0.3 is 9.32 Å². The molecule has 0 amide bonds. The number of rotatable bonds is 6. The number of anilines is 3. The monoisotopic (exact) mass is 713 g/mol. The Morgan fingerprint density at radius 3 is 1.66 bits per heavy atom. The molecule has 2 heteroatoms. The molecule has 0 saturated carbocycles. The fourth-order valence-electron chi connectivity index (χ4n) is 8.64. The van der Waals surface area contributed by atoms with Gasteiger partial charge in [0.15, 0.2) is 0 Å². The van der Waals surface area contributed by atoms with Gasteiger partial charge in [-0.15, -0.1) is 0 Å². The van der Waals surface area contributed by atoms with Crippen molar-refractivity contribution in [1.29, 1.82) is 0 Å². The van der Waals surface area contributed by atoms with Gasteiger partial charge in [-0.2, -0.15) is 0 Å². The summed E-state index contributed by atoms with van der Waals surface area (Å²) in [6.45, 7) is 0. The van der Waals surface area contributed by atoms with Gasteiger partial charge in [-0.3, -0.25) is 0 Å². The number of furan rings is 1. The van der Waals surface area contributed by atoms with Crippen molar-refractivity contribution in [2.24, 2.45) is 0 Å². The third-order valence-corrected chi connectivity index (χ3v) is 11.3. The molecule has 0 aliphatic heterocycles. The molecule has 10 aromatic carbocycles. The maximum atomic E-state index is 6.42. The Kier molecular flexibility index (Phi) is 7.53. The molecule has 0 spiro atoms. The molecule has 0 fully saturated rings. The lowest BCUT2D eigenvalue weighted by Gasteiger charge is -2.29. The number of nitrogens with zero attached hydrogens (tertiary/aromatic N) is 1. The van der Waals surface area contributed by atoms with Gasteiger partial charge in [-0.25, -0.2) is 0 Å². The first-order valence-electron chi connectivity index (χ1n) is 19.2. The summed E-state index contributed by atoms with van der Waals surface area (Å²) in [6.07, 6.45) is 0. The van der Waals surface area contributed by atoms with Gasteiger partial charge in [0, 0.05) is 16.6 Å². The average molecular weight is 714 g/mol. The predicted molar refractivity (Wildman–Crippen MR) is 237 cm³/mol. The van der Waals surface area contributed by atoms with Crippen molar-refractivity contribution >= 4 is 71.3 Å². The van der Waals surface area contributed by atoms with Crippen molar-refractivity contribution < 1.29 is 4.42 Å². The third kappa shape index (κ3) is 5.26. The molecule has 0 aliphatic carbocycles. The zero-order chi connectivity index (χ0) is 37.0. The van der Waals surface area contributed by atoms with Crippen molar-refractivity contribution in [1.82, 2.24) is 0 Å². The molecule has 0 N–H and O–H groups in total. The molecule has 0 aliphatic rings. The smallest absolute Gasteiger partial charge is 0.137 e. The van der Waals surface area contributed by atoms with Gasteiger partial charge in [0.05, 0.1) is 16.8 Å². The van der Waals surface area contributed by atoms with Crippen molar-refractivity contribution in [2.45, 2.75) is 0 Å². The summed E-state index contributed by atoms with van der Waals surface area (Å²) in [5.74, 6) is 0. The van der Waals surface area contributed by atoms with Crippen molar-refractivity contribution in [2.75, 3.05) is 4.90 Å². The quantitative estimate of drug-likeness (QED) is 0.160. The second kappa shape index (κ2) is 13.2. The molecular weight excluding hydrogens is 679 g/mol. The van der Waals surface area contributed by atoms with E-state index in [1.165, 1.54) is 60.1 Å². The zero-order valence-electron chi connectivity index (χ0n) is 30.6. The predicted octanol–water partition coefficient (Wildman–Crippen LogP) is 15.5. The van der Waals surface area contributed by atoms with Gasteiger partial charge in [0.25, 0.3) is 0 Å². The van der Waals surface area contributed by atoms with Gasteiger partial charge in [-0.1, -0.05) is 176 Å². The summed E-state index contributed by atoms with van der Waals surface area (Å²) < 4.78 is 6.42. The summed E-state index contributed by atoms with van der Waals surface area (Å²) in [6, 6.07) is 76.4. The summed E-state index contributed by atoms with van der Waals surface area (Å²) >= 11 is 0. The summed E-state index contributed by atoms with van der Waals surface area (Å²) in [7, 11) is 0. The first kappa shape index (κ1) is 32.0. The van der Waals surface area contributed by atoms with E-state index in [4.69, 9.17) is 4.42 Å². The topological polar surface area (TPSA) is 16.4 Å². The molecule has 11 aromatic rings. The Morgan fingerprint density at radius 1 is 0.286 bits per heavy atom. The third-order valence-electron chi connectivity index (χ3n) is 11.3. The molecule has 2 nitrogen and oxygen atoms in total. The van der Waals surface area contributed by atoms with E-state index in [9.17, 15) is 0 Å². The minimum atomic E-state index is 0.868. The minimum Gasteiger partial charge on any atom is -0.456 e. The highest BCUT2D eigenvalue weighted by atomic mass is 16.3. The first-order chi connectivity index (χ1) is 27.8. The van der Waals surface area contributed by atoms with Crippen LogP contribution in [0, 0.1) is 0 Å². The normalized spacial score (nSPS) is 11.6. The lowest BCUT2D eigenvalue weighted by atomic mass is 9.93. The van der Waals surface area contributed by atoms with Crippen LogP contribution in [0.1, 0.15) is 0 Å². The van der Waals surface area contributed by atoms with E-state index in [0.29, 0.717) is 0 Å². The van der Waals surface area contributed by atoms with Crippen LogP contribution in [0.25, 0.3) is 87.6 Å². The van der Waals surface area contributed by atoms with Crippen LogP contribution in [0.15, 0.2) is 217 Å². The Bertz CT molecular complexity index is 3240. The highest BCUT2D eigenvalue weighted by Gasteiger charge is 2.22. The Labute approximate surface area is 325 Å². The van der Waals surface area contributed by atoms with E-state index in [-0.39, 0.29) is 0 Å². The van der Waals surface area contributed by atoms with E-state index >= 15 is 0 Å². The highest BCUT2D eigenvalue weighted by molar-refractivity contribution is 6.15. The molecule has 0 atom stereocenters. The molecular formula is C54H35NO. The number of benzene rings is 10. The van der Waals surface area contributed by atoms with Crippen molar-refractivity contribution in [3.8, 4) is 33.4 Å². The lowest BCUT2D eigenvalue weighted by Crippen LogP contribution is -2.11. The van der Waals surface area contributed by atoms with E-state index in [0.717, 1.165) is 44.6 Å². The first-order valence-corrected chi connectivity index (χ1v) is 19.2. The Balaban J connectivity index is 1.03. The fraction of sp³-hybridized carbons (Fsp3) is 0. The minimum absolute atomic E-state index is 0.868. The van der Waals surface area contributed by atoms with E-state index in [1.807, 2.05) is 6.07 Å². The number of hydrogen-bond acceptors (Lipinski definition) is 2. The maximum absolute atomic E-state index is 6.42. The number of para-hydroxylation sites is 2. The molecule has 1 aromatic heterocycles. The lowest BCUT2D eigenvalue weighted by molar-refractivity contribution is 0.669. The standard InChI is InChI=1S/C54H35NO/c1-3-15-42-38(12-1)14-9-20-46(42)48-17-5-7-22-50(48)55(51-23-11-25-53-54(51)49-18-6-8-24-52(49)56-53)41-33-30-37(31-34-41)36-26-28-40(29-27-36)44-19-10-21-45-43-16-4-2-13-39(43)32-35-47(44)45/h1-35H. The second-order valence-electron chi connectivity index (χ2n) is 14.4. The van der Waals surface area contributed by atoms with Gasteiger partial charge in [0.2, 0.25) is 0 Å². The second-order valence-corrected chi connectivity index (χ2v) is 14.4. The maximum Gasteiger partial charge on any atom is 0.137 e. The van der Waals surface area contributed by atoms with Crippen LogP contribution in [0.3, 0.4) is 0 Å². The number of hydrogen-bond donors (Lipinski definition) is 0. The van der Waals surface area contributed by atoms with Crippen LogP contribution in [0.2, 0.25) is 0 Å². The molecule has 0 radical (unpaired) electrons. The van der Waals surface area contributed by atoms with Crippen LogP contribution in [-0.2, 0) is 0 Å². The van der Waals surface area contributed by atoms with Crippen LogP contribution < -0.4 is 4.90 Å². The zero-order valence-corrected chi connectivity index (χ0v) is 30.6. The molecule has 0 saturated heterocycles. The Hall–Kier alpha value is -7.42. The van der Waals surface area contributed by atoms with Crippen molar-refractivity contribution in [3.05, 3.63) is 212 Å². The average Bonchev–Trinajstić information content (AvgIpc) is 3.66. The molecule has 56 heavy (non-hydrogen) atoms. The highest BCUT2D eigenvalue weighted by Crippen LogP contribution is 2.47. The van der Waals surface area contributed by atoms with Crippen LogP contribution in [0.4, 0.5) is 17.1 Å². The SMILES string of the molecule is c1ccc(N(c2ccc(-c3ccc(-c4cccc5c4ccc4ccccc45)cc3)cc2)c2cccc3oc4ccccc4c23)c(-c2cccc3ccccc23)c1. The fourth-order valence-corrected chi connectivity index (χ4v) is 8.64. The van der Waals surface area contributed by atoms with E-state index < -0.39 is 0 Å². The summed E-state index contributed by atoms with van der Waals surface area (Å²) in [5.41, 5.74) is 12.1. The molecule has 0 bridgehead atoms. The summed E-state index contributed by atoms with van der Waals surface area (Å²) in [4.78, 5) is 2.40. The van der Waals surface area contributed by atoms with Gasteiger partial charge in [0.1, 0.15) is 11.2 Å². The molecule has 11 rings (SSSR count). The van der Waals surface area contributed by atoms with Crippen LogP contribution >= 0.6 is 0 Å². The van der Waals surface area contributed by atoms with Gasteiger partial charge in [-0.05, 0) is 96.5 Å². The molecule has 1 heterocycles. The van der Waals surface area contributed by atoms with Gasteiger partial charge >= 0.3 is 0 Å². The van der Waals surface area contributed by atoms with E-state index in [1.54, 1.807) is 0 Å².